The van der Waals surface area contributed by atoms with Gasteiger partial charge in [-0.2, -0.15) is 0 Å². The second-order valence-electron chi connectivity index (χ2n) is 6.26. The molecule has 0 bridgehead atoms. The first-order chi connectivity index (χ1) is 13.5. The molecule has 0 amide bonds. The third kappa shape index (κ3) is 3.29. The average Bonchev–Trinajstić information content (AvgIpc) is 3.09. The topological polar surface area (TPSA) is 52.0 Å². The van der Waals surface area contributed by atoms with Crippen LogP contribution in [0.1, 0.15) is 16.8 Å². The Morgan fingerprint density at radius 1 is 0.964 bits per heavy atom. The molecule has 4 nitrogen and oxygen atoms in total. The third-order valence-electron chi connectivity index (χ3n) is 4.28. The van der Waals surface area contributed by atoms with E-state index in [0.29, 0.717) is 16.1 Å². The van der Waals surface area contributed by atoms with E-state index in [9.17, 15) is 8.42 Å². The summed E-state index contributed by atoms with van der Waals surface area (Å²) in [6, 6.07) is 19.2. The number of hydrogen-bond donors (Lipinski definition) is 0. The van der Waals surface area contributed by atoms with Crippen molar-refractivity contribution in [2.75, 3.05) is 0 Å². The molecule has 0 radical (unpaired) electrons. The minimum absolute atomic E-state index is 0.160. The van der Waals surface area contributed by atoms with E-state index < -0.39 is 10.0 Å². The highest BCUT2D eigenvalue weighted by Crippen LogP contribution is 2.28. The largest absolute Gasteiger partial charge is 0.270 e. The molecule has 0 spiro atoms. The maximum absolute atomic E-state index is 13.3. The van der Waals surface area contributed by atoms with E-state index in [2.05, 4.69) is 16.8 Å². The van der Waals surface area contributed by atoms with Gasteiger partial charge in [-0.1, -0.05) is 53.4 Å². The highest BCUT2D eigenvalue weighted by molar-refractivity contribution is 7.90. The fourth-order valence-electron chi connectivity index (χ4n) is 2.85. The van der Waals surface area contributed by atoms with E-state index in [-0.39, 0.29) is 10.5 Å². The molecule has 0 aliphatic heterocycles. The second kappa shape index (κ2) is 7.16. The number of aryl methyl sites for hydroxylation is 1. The van der Waals surface area contributed by atoms with Crippen LogP contribution in [0, 0.1) is 18.8 Å². The summed E-state index contributed by atoms with van der Waals surface area (Å²) in [5.74, 6) is 6.00. The molecule has 4 aromatic rings. The van der Waals surface area contributed by atoms with Crippen LogP contribution in [-0.4, -0.2) is 17.4 Å². The lowest BCUT2D eigenvalue weighted by Crippen LogP contribution is -2.15. The molecular formula is C22H15ClN2O2S. The normalized spacial score (nSPS) is 11.2. The van der Waals surface area contributed by atoms with Crippen LogP contribution in [0.2, 0.25) is 5.02 Å². The van der Waals surface area contributed by atoms with Gasteiger partial charge in [-0.3, -0.25) is 0 Å². The number of nitrogens with zero attached hydrogens (tertiary/aromatic N) is 2. The number of fused-ring (bicyclic) bond motifs is 1. The Balaban J connectivity index is 1.96. The second-order valence-corrected chi connectivity index (χ2v) is 8.45. The molecule has 0 aliphatic rings. The van der Waals surface area contributed by atoms with Crippen molar-refractivity contribution in [3.05, 3.63) is 94.8 Å². The highest BCUT2D eigenvalue weighted by Gasteiger charge is 2.24. The van der Waals surface area contributed by atoms with Crippen LogP contribution < -0.4 is 0 Å². The summed E-state index contributed by atoms with van der Waals surface area (Å²) in [5.41, 5.74) is 2.48. The molecule has 4 rings (SSSR count). The first-order valence-electron chi connectivity index (χ1n) is 8.52. The molecular weight excluding hydrogens is 392 g/mol. The van der Waals surface area contributed by atoms with Gasteiger partial charge in [0.2, 0.25) is 0 Å². The first kappa shape index (κ1) is 18.3. The van der Waals surface area contributed by atoms with Gasteiger partial charge in [0.15, 0.2) is 5.65 Å². The average molecular weight is 407 g/mol. The standard InChI is InChI=1S/C22H15ClN2O2S/c1-16-7-9-17(10-8-16)11-12-18-15-20-21(23)13-14-24-22(20)25(18)28(26,27)19-5-3-2-4-6-19/h2-10,13-15H,1H3. The van der Waals surface area contributed by atoms with Gasteiger partial charge in [-0.15, -0.1) is 0 Å². The molecule has 0 fully saturated rings. The number of aromatic nitrogens is 2. The van der Waals surface area contributed by atoms with Crippen molar-refractivity contribution in [2.24, 2.45) is 0 Å². The first-order valence-corrected chi connectivity index (χ1v) is 10.3. The highest BCUT2D eigenvalue weighted by atomic mass is 35.5. The molecule has 0 saturated heterocycles. The van der Waals surface area contributed by atoms with Gasteiger partial charge in [0.05, 0.1) is 9.92 Å². The Hall–Kier alpha value is -3.07. The lowest BCUT2D eigenvalue weighted by atomic mass is 10.1. The quantitative estimate of drug-likeness (QED) is 0.456. The van der Waals surface area contributed by atoms with Gasteiger partial charge in [-0.25, -0.2) is 17.4 Å². The SMILES string of the molecule is Cc1ccc(C#Cc2cc3c(Cl)ccnc3n2S(=O)(=O)c2ccccc2)cc1. The monoisotopic (exact) mass is 406 g/mol. The zero-order valence-electron chi connectivity index (χ0n) is 14.9. The lowest BCUT2D eigenvalue weighted by Gasteiger charge is -2.08. The zero-order valence-corrected chi connectivity index (χ0v) is 16.5. The molecule has 138 valence electrons. The summed E-state index contributed by atoms with van der Waals surface area (Å²) in [6.07, 6.45) is 1.48. The van der Waals surface area contributed by atoms with Crippen LogP contribution in [0.3, 0.4) is 0 Å². The maximum Gasteiger partial charge on any atom is 0.270 e. The molecule has 28 heavy (non-hydrogen) atoms. The van der Waals surface area contributed by atoms with Gasteiger partial charge < -0.3 is 0 Å². The molecule has 0 atom stereocenters. The number of benzene rings is 2. The molecule has 0 unspecified atom stereocenters. The predicted molar refractivity (Wildman–Crippen MR) is 111 cm³/mol. The van der Waals surface area contributed by atoms with E-state index in [1.807, 2.05) is 31.2 Å². The minimum Gasteiger partial charge on any atom is -0.237 e. The molecule has 2 aromatic heterocycles. The van der Waals surface area contributed by atoms with Crippen molar-refractivity contribution in [1.82, 2.24) is 8.96 Å². The van der Waals surface area contributed by atoms with Gasteiger partial charge in [0, 0.05) is 17.1 Å². The Bertz CT molecular complexity index is 1330. The summed E-state index contributed by atoms with van der Waals surface area (Å²) in [6.45, 7) is 2.00. The molecule has 0 aliphatic carbocycles. The van der Waals surface area contributed by atoms with Crippen molar-refractivity contribution in [2.45, 2.75) is 11.8 Å². The molecule has 0 N–H and O–H groups in total. The van der Waals surface area contributed by atoms with Gasteiger partial charge in [0.25, 0.3) is 10.0 Å². The Labute approximate surface area is 168 Å². The summed E-state index contributed by atoms with van der Waals surface area (Å²) < 4.78 is 27.8. The molecule has 0 saturated carbocycles. The number of rotatable bonds is 2. The van der Waals surface area contributed by atoms with Crippen LogP contribution >= 0.6 is 11.6 Å². The summed E-state index contributed by atoms with van der Waals surface area (Å²) >= 11 is 6.28. The lowest BCUT2D eigenvalue weighted by molar-refractivity contribution is 0.588. The number of pyridine rings is 1. The van der Waals surface area contributed by atoms with Crippen LogP contribution in [0.25, 0.3) is 11.0 Å². The van der Waals surface area contributed by atoms with Gasteiger partial charge in [-0.05, 0) is 49.2 Å². The summed E-state index contributed by atoms with van der Waals surface area (Å²) in [4.78, 5) is 4.41. The maximum atomic E-state index is 13.3. The predicted octanol–water partition coefficient (Wildman–Crippen LogP) is 4.63. The molecule has 2 aromatic carbocycles. The Kier molecular flexibility index (Phi) is 4.68. The molecule has 2 heterocycles. The van der Waals surface area contributed by atoms with Gasteiger partial charge >= 0.3 is 0 Å². The van der Waals surface area contributed by atoms with Crippen LogP contribution in [0.4, 0.5) is 0 Å². The van der Waals surface area contributed by atoms with E-state index in [0.717, 1.165) is 15.1 Å². The molecule has 6 heteroatoms. The summed E-state index contributed by atoms with van der Waals surface area (Å²) in [5, 5.41) is 0.960. The summed E-state index contributed by atoms with van der Waals surface area (Å²) in [7, 11) is -3.89. The fraction of sp³-hybridized carbons (Fsp3) is 0.0455. The van der Waals surface area contributed by atoms with E-state index in [1.54, 1.807) is 42.5 Å². The third-order valence-corrected chi connectivity index (χ3v) is 6.32. The van der Waals surface area contributed by atoms with Gasteiger partial charge in [0.1, 0.15) is 5.69 Å². The zero-order chi connectivity index (χ0) is 19.7. The number of hydrogen-bond acceptors (Lipinski definition) is 3. The van der Waals surface area contributed by atoms with Crippen LogP contribution in [0.5, 0.6) is 0 Å². The van der Waals surface area contributed by atoms with E-state index >= 15 is 0 Å². The Morgan fingerprint density at radius 2 is 1.68 bits per heavy atom. The van der Waals surface area contributed by atoms with Crippen molar-refractivity contribution in [3.8, 4) is 11.8 Å². The minimum atomic E-state index is -3.89. The fourth-order valence-corrected chi connectivity index (χ4v) is 4.48. The smallest absolute Gasteiger partial charge is 0.237 e. The van der Waals surface area contributed by atoms with E-state index in [1.165, 1.54) is 6.20 Å². The van der Waals surface area contributed by atoms with Crippen molar-refractivity contribution in [3.63, 3.8) is 0 Å². The van der Waals surface area contributed by atoms with Crippen molar-refractivity contribution < 1.29 is 8.42 Å². The number of halogens is 1. The van der Waals surface area contributed by atoms with Crippen LogP contribution in [0.15, 0.2) is 77.8 Å². The van der Waals surface area contributed by atoms with E-state index in [4.69, 9.17) is 11.6 Å². The van der Waals surface area contributed by atoms with Crippen molar-refractivity contribution >= 4 is 32.7 Å². The Morgan fingerprint density at radius 3 is 2.39 bits per heavy atom. The van der Waals surface area contributed by atoms with Crippen molar-refractivity contribution in [1.29, 1.82) is 0 Å². The van der Waals surface area contributed by atoms with Crippen LogP contribution in [-0.2, 0) is 10.0 Å².